The summed E-state index contributed by atoms with van der Waals surface area (Å²) < 4.78 is 5.29. The number of hydrogen-bond donors (Lipinski definition) is 2. The van der Waals surface area contributed by atoms with Gasteiger partial charge in [-0.2, -0.15) is 0 Å². The molecule has 1 aromatic heterocycles. The molecule has 22 heavy (non-hydrogen) atoms. The standard InChI is InChI=1S/C13H12N4O5/c18-10-2-1-8(12(20)16-10)17-11(19)3-9(13(17)21)22-5-7-4-14-6-15-7/h3-4,6,8H,1-2,5H2,(H,14,15)(H,16,18,20). The molecule has 0 aromatic carbocycles. The highest BCUT2D eigenvalue weighted by molar-refractivity contribution is 6.18. The fraction of sp³-hybridized carbons (Fsp3) is 0.308. The third-order valence-corrected chi connectivity index (χ3v) is 3.38. The number of hydrogen-bond acceptors (Lipinski definition) is 6. The van der Waals surface area contributed by atoms with Crippen LogP contribution in [0, 0.1) is 0 Å². The zero-order valence-electron chi connectivity index (χ0n) is 11.4. The zero-order valence-corrected chi connectivity index (χ0v) is 11.4. The Bertz CT molecular complexity index is 679. The van der Waals surface area contributed by atoms with Gasteiger partial charge < -0.3 is 9.72 Å². The SMILES string of the molecule is O=C1CCC(N2C(=O)C=C(OCc3cnc[nH]3)C2=O)C(=O)N1. The molecule has 0 saturated carbocycles. The van der Waals surface area contributed by atoms with Crippen molar-refractivity contribution in [1.29, 1.82) is 0 Å². The lowest BCUT2D eigenvalue weighted by Gasteiger charge is -2.27. The number of aromatic nitrogens is 2. The topological polar surface area (TPSA) is 121 Å². The van der Waals surface area contributed by atoms with Crippen LogP contribution in [0.15, 0.2) is 24.4 Å². The van der Waals surface area contributed by atoms with Crippen molar-refractivity contribution in [2.24, 2.45) is 0 Å². The van der Waals surface area contributed by atoms with Crippen LogP contribution < -0.4 is 5.32 Å². The molecule has 4 amide bonds. The first-order valence-electron chi connectivity index (χ1n) is 6.59. The van der Waals surface area contributed by atoms with E-state index in [-0.39, 0.29) is 25.2 Å². The Kier molecular flexibility index (Phi) is 3.45. The quantitative estimate of drug-likeness (QED) is 0.687. The van der Waals surface area contributed by atoms with Crippen molar-refractivity contribution in [1.82, 2.24) is 20.2 Å². The number of carbonyl (C=O) groups is 4. The number of rotatable bonds is 4. The van der Waals surface area contributed by atoms with E-state index in [2.05, 4.69) is 15.3 Å². The maximum Gasteiger partial charge on any atom is 0.296 e. The molecule has 1 fully saturated rings. The molecule has 0 spiro atoms. The molecule has 0 bridgehead atoms. The minimum Gasteiger partial charge on any atom is -0.481 e. The number of aromatic amines is 1. The molecule has 0 aliphatic carbocycles. The fourth-order valence-electron chi connectivity index (χ4n) is 2.31. The molecular formula is C13H12N4O5. The average Bonchev–Trinajstić information content (AvgIpc) is 3.07. The summed E-state index contributed by atoms with van der Waals surface area (Å²) >= 11 is 0. The number of imide groups is 2. The molecule has 2 aliphatic heterocycles. The first kappa shape index (κ1) is 14.0. The summed E-state index contributed by atoms with van der Waals surface area (Å²) in [6, 6.07) is -0.984. The lowest BCUT2D eigenvalue weighted by Crippen LogP contribution is -2.54. The second kappa shape index (κ2) is 5.43. The van der Waals surface area contributed by atoms with Gasteiger partial charge in [0.15, 0.2) is 5.76 Å². The van der Waals surface area contributed by atoms with E-state index in [0.717, 1.165) is 11.0 Å². The molecular weight excluding hydrogens is 292 g/mol. The van der Waals surface area contributed by atoms with Crippen LogP contribution in [-0.2, 0) is 30.5 Å². The highest BCUT2D eigenvalue weighted by Crippen LogP contribution is 2.22. The lowest BCUT2D eigenvalue weighted by molar-refractivity contribution is -0.150. The smallest absolute Gasteiger partial charge is 0.296 e. The van der Waals surface area contributed by atoms with Gasteiger partial charge in [0, 0.05) is 6.42 Å². The highest BCUT2D eigenvalue weighted by atomic mass is 16.5. The number of imidazole rings is 1. The maximum atomic E-state index is 12.2. The Labute approximate surface area is 124 Å². The number of piperidine rings is 1. The van der Waals surface area contributed by atoms with Crippen molar-refractivity contribution in [2.45, 2.75) is 25.5 Å². The van der Waals surface area contributed by atoms with Crippen LogP contribution in [-0.4, -0.2) is 44.5 Å². The molecule has 114 valence electrons. The van der Waals surface area contributed by atoms with Crippen molar-refractivity contribution in [3.05, 3.63) is 30.1 Å². The van der Waals surface area contributed by atoms with E-state index in [4.69, 9.17) is 4.74 Å². The maximum absolute atomic E-state index is 12.2. The summed E-state index contributed by atoms with van der Waals surface area (Å²) in [5, 5.41) is 2.12. The van der Waals surface area contributed by atoms with Gasteiger partial charge in [-0.1, -0.05) is 0 Å². The molecule has 1 saturated heterocycles. The molecule has 0 radical (unpaired) electrons. The molecule has 2 aliphatic rings. The van der Waals surface area contributed by atoms with Gasteiger partial charge in [-0.05, 0) is 6.42 Å². The Morgan fingerprint density at radius 2 is 2.14 bits per heavy atom. The van der Waals surface area contributed by atoms with Crippen molar-refractivity contribution in [3.63, 3.8) is 0 Å². The van der Waals surface area contributed by atoms with Crippen molar-refractivity contribution in [2.75, 3.05) is 0 Å². The van der Waals surface area contributed by atoms with Gasteiger partial charge in [0.1, 0.15) is 12.6 Å². The van der Waals surface area contributed by atoms with Crippen LogP contribution >= 0.6 is 0 Å². The number of nitrogens with zero attached hydrogens (tertiary/aromatic N) is 2. The number of ether oxygens (including phenoxy) is 1. The Morgan fingerprint density at radius 1 is 1.32 bits per heavy atom. The monoisotopic (exact) mass is 304 g/mol. The Morgan fingerprint density at radius 3 is 2.82 bits per heavy atom. The largest absolute Gasteiger partial charge is 0.481 e. The van der Waals surface area contributed by atoms with Crippen LogP contribution in [0.2, 0.25) is 0 Å². The van der Waals surface area contributed by atoms with Crippen LogP contribution in [0.25, 0.3) is 0 Å². The predicted octanol–water partition coefficient (Wildman–Crippen LogP) is -1.02. The summed E-state index contributed by atoms with van der Waals surface area (Å²) in [6.07, 6.45) is 4.23. The fourth-order valence-corrected chi connectivity index (χ4v) is 2.31. The van der Waals surface area contributed by atoms with E-state index in [1.807, 2.05) is 0 Å². The van der Waals surface area contributed by atoms with E-state index >= 15 is 0 Å². The first-order chi connectivity index (χ1) is 10.6. The Balaban J connectivity index is 1.68. The van der Waals surface area contributed by atoms with Gasteiger partial charge in [-0.15, -0.1) is 0 Å². The highest BCUT2D eigenvalue weighted by Gasteiger charge is 2.43. The van der Waals surface area contributed by atoms with Gasteiger partial charge >= 0.3 is 0 Å². The molecule has 1 atom stereocenters. The van der Waals surface area contributed by atoms with Crippen LogP contribution in [0.4, 0.5) is 0 Å². The van der Waals surface area contributed by atoms with Crippen molar-refractivity contribution >= 4 is 23.6 Å². The molecule has 9 nitrogen and oxygen atoms in total. The van der Waals surface area contributed by atoms with E-state index in [0.29, 0.717) is 5.69 Å². The first-order valence-corrected chi connectivity index (χ1v) is 6.59. The van der Waals surface area contributed by atoms with Crippen molar-refractivity contribution in [3.8, 4) is 0 Å². The van der Waals surface area contributed by atoms with Crippen LogP contribution in [0.3, 0.4) is 0 Å². The van der Waals surface area contributed by atoms with E-state index in [1.165, 1.54) is 12.5 Å². The van der Waals surface area contributed by atoms with Gasteiger partial charge in [0.25, 0.3) is 11.8 Å². The van der Waals surface area contributed by atoms with Crippen LogP contribution in [0.1, 0.15) is 18.5 Å². The number of H-pyrrole nitrogens is 1. The second-order valence-electron chi connectivity index (χ2n) is 4.85. The number of nitrogens with one attached hydrogen (secondary N) is 2. The predicted molar refractivity (Wildman–Crippen MR) is 69.5 cm³/mol. The summed E-state index contributed by atoms with van der Waals surface area (Å²) in [4.78, 5) is 54.5. The molecule has 2 N–H and O–H groups in total. The molecule has 1 aromatic rings. The normalized spacial score (nSPS) is 21.9. The summed E-state index contributed by atoms with van der Waals surface area (Å²) in [5.74, 6) is -2.51. The van der Waals surface area contributed by atoms with Gasteiger partial charge in [-0.25, -0.2) is 4.98 Å². The Hall–Kier alpha value is -2.97. The molecule has 1 unspecified atom stereocenters. The molecule has 3 rings (SSSR count). The van der Waals surface area contributed by atoms with Gasteiger partial charge in [-0.3, -0.25) is 29.4 Å². The summed E-state index contributed by atoms with van der Waals surface area (Å²) in [5.41, 5.74) is 0.639. The van der Waals surface area contributed by atoms with Crippen molar-refractivity contribution < 1.29 is 23.9 Å². The number of amides is 4. The van der Waals surface area contributed by atoms with Gasteiger partial charge in [0.05, 0.1) is 24.3 Å². The minimum atomic E-state index is -0.984. The van der Waals surface area contributed by atoms with E-state index < -0.39 is 29.7 Å². The van der Waals surface area contributed by atoms with Crippen LogP contribution in [0.5, 0.6) is 0 Å². The number of carbonyl (C=O) groups excluding carboxylic acids is 4. The lowest BCUT2D eigenvalue weighted by atomic mass is 10.0. The molecule has 3 heterocycles. The summed E-state index contributed by atoms with van der Waals surface area (Å²) in [7, 11) is 0. The minimum absolute atomic E-state index is 0.0496. The second-order valence-corrected chi connectivity index (χ2v) is 4.85. The zero-order chi connectivity index (χ0) is 15.7. The molecule has 9 heteroatoms. The third kappa shape index (κ3) is 2.48. The van der Waals surface area contributed by atoms with E-state index in [1.54, 1.807) is 0 Å². The van der Waals surface area contributed by atoms with E-state index in [9.17, 15) is 19.2 Å². The third-order valence-electron chi connectivity index (χ3n) is 3.38. The van der Waals surface area contributed by atoms with Gasteiger partial charge in [0.2, 0.25) is 11.8 Å². The summed E-state index contributed by atoms with van der Waals surface area (Å²) in [6.45, 7) is 0.0496. The average molecular weight is 304 g/mol.